The van der Waals surface area contributed by atoms with E-state index in [-0.39, 0.29) is 0 Å². The van der Waals surface area contributed by atoms with Crippen LogP contribution in [0, 0.1) is 0 Å². The van der Waals surface area contributed by atoms with Gasteiger partial charge >= 0.3 is 0 Å². The van der Waals surface area contributed by atoms with Crippen LogP contribution in [-0.4, -0.2) is 13.7 Å². The fourth-order valence-corrected chi connectivity index (χ4v) is 2.35. The van der Waals surface area contributed by atoms with Gasteiger partial charge in [0.15, 0.2) is 11.3 Å². The maximum atomic E-state index is 6.03. The minimum absolute atomic E-state index is 0.726. The molecule has 0 saturated carbocycles. The van der Waals surface area contributed by atoms with Gasteiger partial charge in [0, 0.05) is 10.9 Å². The van der Waals surface area contributed by atoms with Crippen LogP contribution in [0.4, 0.5) is 0 Å². The second-order valence-electron chi connectivity index (χ2n) is 4.77. The van der Waals surface area contributed by atoms with Crippen molar-refractivity contribution in [1.29, 1.82) is 0 Å². The van der Waals surface area contributed by atoms with Gasteiger partial charge in [0.2, 0.25) is 0 Å². The highest BCUT2D eigenvalue weighted by atomic mass is 16.5. The summed E-state index contributed by atoms with van der Waals surface area (Å²) in [5, 5.41) is 4.37. The number of ether oxygens (including phenoxy) is 1. The fourth-order valence-electron chi connectivity index (χ4n) is 2.35. The Kier molecular flexibility index (Phi) is 4.86. The van der Waals surface area contributed by atoms with Crippen molar-refractivity contribution in [2.24, 2.45) is 0 Å². The maximum Gasteiger partial charge on any atom is 0.176 e. The molecule has 0 fully saturated rings. The number of furan rings is 1. The van der Waals surface area contributed by atoms with Gasteiger partial charge in [0.1, 0.15) is 5.76 Å². The summed E-state index contributed by atoms with van der Waals surface area (Å²) in [7, 11) is 1.94. The molecule has 2 rings (SSSR count). The Balaban J connectivity index is 2.47. The lowest BCUT2D eigenvalue weighted by Crippen LogP contribution is -2.05. The van der Waals surface area contributed by atoms with Crippen LogP contribution in [0.25, 0.3) is 11.0 Å². The van der Waals surface area contributed by atoms with Crippen LogP contribution in [0.3, 0.4) is 0 Å². The average molecular weight is 261 g/mol. The van der Waals surface area contributed by atoms with E-state index >= 15 is 0 Å². The fraction of sp³-hybridized carbons (Fsp3) is 0.500. The predicted molar refractivity (Wildman–Crippen MR) is 78.8 cm³/mol. The van der Waals surface area contributed by atoms with E-state index in [1.54, 1.807) is 0 Å². The molecule has 0 radical (unpaired) electrons. The lowest BCUT2D eigenvalue weighted by molar-refractivity contribution is 0.315. The molecule has 0 atom stereocenters. The summed E-state index contributed by atoms with van der Waals surface area (Å²) in [5.41, 5.74) is 2.21. The zero-order valence-electron chi connectivity index (χ0n) is 12.1. The van der Waals surface area contributed by atoms with Crippen molar-refractivity contribution >= 4 is 11.0 Å². The summed E-state index contributed by atoms with van der Waals surface area (Å²) in [5.74, 6) is 1.89. The third-order valence-corrected chi connectivity index (χ3v) is 3.16. The quantitative estimate of drug-likeness (QED) is 0.821. The van der Waals surface area contributed by atoms with Crippen LogP contribution in [0.5, 0.6) is 5.75 Å². The Morgan fingerprint density at radius 1 is 1.21 bits per heavy atom. The molecule has 0 aliphatic rings. The molecule has 3 heteroatoms. The van der Waals surface area contributed by atoms with Crippen molar-refractivity contribution < 1.29 is 9.15 Å². The van der Waals surface area contributed by atoms with E-state index < -0.39 is 0 Å². The van der Waals surface area contributed by atoms with E-state index in [1.165, 1.54) is 10.9 Å². The third-order valence-electron chi connectivity index (χ3n) is 3.16. The normalized spacial score (nSPS) is 11.1. The topological polar surface area (TPSA) is 34.4 Å². The average Bonchev–Trinajstić information content (AvgIpc) is 2.76. The minimum atomic E-state index is 0.726. The molecule has 19 heavy (non-hydrogen) atoms. The molecular formula is C16H23NO2. The molecule has 0 spiro atoms. The number of nitrogens with one attached hydrogen (secondary N) is 1. The van der Waals surface area contributed by atoms with E-state index in [9.17, 15) is 0 Å². The number of para-hydroxylation sites is 1. The molecule has 1 aromatic carbocycles. The van der Waals surface area contributed by atoms with Gasteiger partial charge in [-0.25, -0.2) is 0 Å². The Labute approximate surface area is 114 Å². The molecule has 0 aliphatic carbocycles. The number of fused-ring (bicyclic) bond motifs is 1. The zero-order valence-corrected chi connectivity index (χ0v) is 12.1. The van der Waals surface area contributed by atoms with E-state index in [1.807, 2.05) is 19.2 Å². The summed E-state index contributed by atoms with van der Waals surface area (Å²) in [6, 6.07) is 6.16. The van der Waals surface area contributed by atoms with Crippen LogP contribution >= 0.6 is 0 Å². The Bertz CT molecular complexity index is 531. The van der Waals surface area contributed by atoms with Gasteiger partial charge in [-0.2, -0.15) is 0 Å². The first kappa shape index (κ1) is 13.9. The summed E-state index contributed by atoms with van der Waals surface area (Å²) in [6.07, 6.45) is 3.16. The smallest absolute Gasteiger partial charge is 0.176 e. The van der Waals surface area contributed by atoms with Gasteiger partial charge in [0.25, 0.3) is 0 Å². The van der Waals surface area contributed by atoms with Crippen molar-refractivity contribution in [2.45, 2.75) is 39.7 Å². The van der Waals surface area contributed by atoms with Crippen molar-refractivity contribution in [3.63, 3.8) is 0 Å². The second-order valence-corrected chi connectivity index (χ2v) is 4.77. The summed E-state index contributed by atoms with van der Waals surface area (Å²) in [6.45, 7) is 5.79. The SMILES string of the molecule is CCCOc1cccc2c(CCC)c(CNC)oc12. The summed E-state index contributed by atoms with van der Waals surface area (Å²) in [4.78, 5) is 0. The number of benzene rings is 1. The first-order chi connectivity index (χ1) is 9.31. The minimum Gasteiger partial charge on any atom is -0.490 e. The standard InChI is InChI=1S/C16H23NO2/c1-4-7-12-13-8-6-9-14(18-10-5-2)16(13)19-15(12)11-17-3/h6,8-9,17H,4-5,7,10-11H2,1-3H3. The zero-order chi connectivity index (χ0) is 13.7. The summed E-state index contributed by atoms with van der Waals surface area (Å²) >= 11 is 0. The van der Waals surface area contributed by atoms with Crippen molar-refractivity contribution in [3.8, 4) is 5.75 Å². The second kappa shape index (κ2) is 6.62. The van der Waals surface area contributed by atoms with Crippen molar-refractivity contribution in [3.05, 3.63) is 29.5 Å². The highest BCUT2D eigenvalue weighted by molar-refractivity contribution is 5.87. The first-order valence-corrected chi connectivity index (χ1v) is 7.12. The highest BCUT2D eigenvalue weighted by Gasteiger charge is 2.15. The van der Waals surface area contributed by atoms with E-state index in [0.717, 1.165) is 49.5 Å². The van der Waals surface area contributed by atoms with Gasteiger partial charge in [0.05, 0.1) is 13.2 Å². The monoisotopic (exact) mass is 261 g/mol. The van der Waals surface area contributed by atoms with Crippen molar-refractivity contribution in [2.75, 3.05) is 13.7 Å². The highest BCUT2D eigenvalue weighted by Crippen LogP contribution is 2.33. The summed E-state index contributed by atoms with van der Waals surface area (Å²) < 4.78 is 11.8. The van der Waals surface area contributed by atoms with Crippen LogP contribution < -0.4 is 10.1 Å². The first-order valence-electron chi connectivity index (χ1n) is 7.12. The molecule has 3 nitrogen and oxygen atoms in total. The molecule has 1 heterocycles. The van der Waals surface area contributed by atoms with Gasteiger partial charge < -0.3 is 14.5 Å². The number of hydrogen-bond acceptors (Lipinski definition) is 3. The molecule has 104 valence electrons. The lowest BCUT2D eigenvalue weighted by atomic mass is 10.1. The Morgan fingerprint density at radius 3 is 2.74 bits per heavy atom. The van der Waals surface area contributed by atoms with Gasteiger partial charge in [-0.15, -0.1) is 0 Å². The molecule has 1 aromatic heterocycles. The van der Waals surface area contributed by atoms with Crippen molar-refractivity contribution in [1.82, 2.24) is 5.32 Å². The van der Waals surface area contributed by atoms with Crippen LogP contribution in [0.2, 0.25) is 0 Å². The molecule has 2 aromatic rings. The molecule has 0 amide bonds. The number of aryl methyl sites for hydroxylation is 1. The van der Waals surface area contributed by atoms with Gasteiger partial charge in [-0.3, -0.25) is 0 Å². The number of hydrogen-bond donors (Lipinski definition) is 1. The number of rotatable bonds is 7. The van der Waals surface area contributed by atoms with Crippen LogP contribution in [0.15, 0.2) is 22.6 Å². The Morgan fingerprint density at radius 2 is 2.05 bits per heavy atom. The van der Waals surface area contributed by atoms with E-state index in [4.69, 9.17) is 9.15 Å². The largest absolute Gasteiger partial charge is 0.490 e. The van der Waals surface area contributed by atoms with E-state index in [0.29, 0.717) is 0 Å². The van der Waals surface area contributed by atoms with Gasteiger partial charge in [-0.05, 0) is 26.0 Å². The molecule has 0 aliphatic heterocycles. The molecule has 0 bridgehead atoms. The lowest BCUT2D eigenvalue weighted by Gasteiger charge is -2.04. The van der Waals surface area contributed by atoms with Crippen LogP contribution in [0.1, 0.15) is 38.0 Å². The molecule has 0 saturated heterocycles. The van der Waals surface area contributed by atoms with E-state index in [2.05, 4.69) is 25.2 Å². The third kappa shape index (κ3) is 2.92. The molecule has 1 N–H and O–H groups in total. The predicted octanol–water partition coefficient (Wildman–Crippen LogP) is 3.89. The van der Waals surface area contributed by atoms with Gasteiger partial charge in [-0.1, -0.05) is 32.4 Å². The Hall–Kier alpha value is -1.48. The van der Waals surface area contributed by atoms with Crippen LogP contribution in [-0.2, 0) is 13.0 Å². The molecule has 0 unspecified atom stereocenters. The molecular weight excluding hydrogens is 238 g/mol. The maximum absolute atomic E-state index is 6.03.